The van der Waals surface area contributed by atoms with Crippen molar-refractivity contribution in [3.8, 4) is 17.0 Å². The third kappa shape index (κ3) is 3.72. The van der Waals surface area contributed by atoms with E-state index in [0.29, 0.717) is 29.8 Å². The lowest BCUT2D eigenvalue weighted by Gasteiger charge is -2.29. The summed E-state index contributed by atoms with van der Waals surface area (Å²) in [5.41, 5.74) is -0.0683. The predicted octanol–water partition coefficient (Wildman–Crippen LogP) is 3.85. The van der Waals surface area contributed by atoms with E-state index in [1.165, 1.54) is 29.7 Å². The molecule has 32 heavy (non-hydrogen) atoms. The molecule has 2 atom stereocenters. The molecule has 172 valence electrons. The fourth-order valence-corrected chi connectivity index (χ4v) is 5.88. The Labute approximate surface area is 190 Å². The summed E-state index contributed by atoms with van der Waals surface area (Å²) in [4.78, 5) is 24.7. The Morgan fingerprint density at radius 2 is 2.00 bits per heavy atom. The number of aromatic carboxylic acids is 1. The molecule has 0 radical (unpaired) electrons. The average Bonchev–Trinajstić information content (AvgIpc) is 3.56. The van der Waals surface area contributed by atoms with E-state index in [0.717, 1.165) is 12.8 Å². The van der Waals surface area contributed by atoms with Crippen LogP contribution in [0.3, 0.4) is 0 Å². The monoisotopic (exact) mass is 481 g/mol. The first kappa shape index (κ1) is 22.8. The molecule has 0 saturated heterocycles. The van der Waals surface area contributed by atoms with Crippen LogP contribution in [-0.4, -0.2) is 43.9 Å². The molecule has 1 N–H and O–H groups in total. The third-order valence-corrected chi connectivity index (χ3v) is 8.39. The molecule has 2 heterocycles. The number of aromatic nitrogens is 1. The van der Waals surface area contributed by atoms with Gasteiger partial charge in [0.15, 0.2) is 9.84 Å². The zero-order valence-corrected chi connectivity index (χ0v) is 19.5. The van der Waals surface area contributed by atoms with E-state index in [1.54, 1.807) is 7.11 Å². The zero-order valence-electron chi connectivity index (χ0n) is 17.9. The maximum absolute atomic E-state index is 13.4. The Balaban J connectivity index is 1.95. The largest absolute Gasteiger partial charge is 0.489 e. The molecule has 0 bridgehead atoms. The summed E-state index contributed by atoms with van der Waals surface area (Å²) in [5.74, 6) is -1.15. The SMILES string of the molecule is COCCC(C)Oc1cc2c(cc1Cl)-c1c(cc(C(=O)O)c(=O)n1C1CC1)C(C)S2(=O)=O. The van der Waals surface area contributed by atoms with E-state index >= 15 is 0 Å². The molecular formula is C22H24ClNO7S. The number of nitrogens with zero attached hydrogens (tertiary/aromatic N) is 1. The van der Waals surface area contributed by atoms with Gasteiger partial charge in [-0.05, 0) is 44.4 Å². The van der Waals surface area contributed by atoms with Crippen LogP contribution in [0, 0.1) is 0 Å². The number of benzene rings is 1. The minimum atomic E-state index is -3.88. The molecule has 1 fully saturated rings. The van der Waals surface area contributed by atoms with Gasteiger partial charge in [0, 0.05) is 37.8 Å². The number of carboxylic acids is 1. The van der Waals surface area contributed by atoms with Crippen molar-refractivity contribution in [2.24, 2.45) is 0 Å². The molecule has 8 nitrogen and oxygen atoms in total. The summed E-state index contributed by atoms with van der Waals surface area (Å²) in [5, 5.41) is 8.70. The van der Waals surface area contributed by atoms with Crippen LogP contribution in [0.4, 0.5) is 0 Å². The van der Waals surface area contributed by atoms with Crippen LogP contribution in [-0.2, 0) is 14.6 Å². The van der Waals surface area contributed by atoms with Crippen molar-refractivity contribution in [1.82, 2.24) is 4.57 Å². The van der Waals surface area contributed by atoms with Gasteiger partial charge in [0.05, 0.1) is 27.0 Å². The molecule has 1 aromatic heterocycles. The van der Waals surface area contributed by atoms with E-state index in [-0.39, 0.29) is 27.8 Å². The molecular weight excluding hydrogens is 458 g/mol. The van der Waals surface area contributed by atoms with E-state index in [9.17, 15) is 23.1 Å². The highest BCUT2D eigenvalue weighted by molar-refractivity contribution is 7.92. The highest BCUT2D eigenvalue weighted by Gasteiger charge is 2.41. The highest BCUT2D eigenvalue weighted by atomic mass is 35.5. The molecule has 1 aliphatic carbocycles. The first-order valence-corrected chi connectivity index (χ1v) is 12.3. The maximum Gasteiger partial charge on any atom is 0.341 e. The van der Waals surface area contributed by atoms with Gasteiger partial charge in [-0.15, -0.1) is 0 Å². The van der Waals surface area contributed by atoms with Gasteiger partial charge < -0.3 is 19.1 Å². The Morgan fingerprint density at radius 3 is 2.59 bits per heavy atom. The predicted molar refractivity (Wildman–Crippen MR) is 119 cm³/mol. The number of hydrogen-bond acceptors (Lipinski definition) is 6. The van der Waals surface area contributed by atoms with Crippen LogP contribution in [0.5, 0.6) is 5.75 Å². The Morgan fingerprint density at radius 1 is 1.31 bits per heavy atom. The molecule has 1 aliphatic heterocycles. The molecule has 2 unspecified atom stereocenters. The summed E-state index contributed by atoms with van der Waals surface area (Å²) < 4.78 is 39.2. The second kappa shape index (κ2) is 8.20. The minimum absolute atomic E-state index is 0.0210. The molecule has 10 heteroatoms. The smallest absolute Gasteiger partial charge is 0.341 e. The molecule has 0 amide bonds. The van der Waals surface area contributed by atoms with Gasteiger partial charge in [-0.3, -0.25) is 4.79 Å². The molecule has 0 spiro atoms. The number of methoxy groups -OCH3 is 1. The summed E-state index contributed by atoms with van der Waals surface area (Å²) >= 11 is 6.47. The summed E-state index contributed by atoms with van der Waals surface area (Å²) in [6, 6.07) is 3.92. The van der Waals surface area contributed by atoms with Gasteiger partial charge in [-0.25, -0.2) is 13.2 Å². The lowest BCUT2D eigenvalue weighted by atomic mass is 9.99. The molecule has 1 saturated carbocycles. The number of halogens is 1. The van der Waals surface area contributed by atoms with Crippen LogP contribution >= 0.6 is 11.6 Å². The number of carboxylic acid groups (broad SMARTS) is 1. The number of pyridine rings is 1. The highest BCUT2D eigenvalue weighted by Crippen LogP contribution is 2.49. The lowest BCUT2D eigenvalue weighted by molar-refractivity contribution is 0.0694. The van der Waals surface area contributed by atoms with Crippen molar-refractivity contribution in [3.05, 3.63) is 44.7 Å². The Bertz CT molecular complexity index is 1260. The molecule has 4 rings (SSSR count). The minimum Gasteiger partial charge on any atom is -0.489 e. The van der Waals surface area contributed by atoms with E-state index in [2.05, 4.69) is 0 Å². The third-order valence-electron chi connectivity index (χ3n) is 5.96. The molecule has 2 aromatic rings. The number of fused-ring (bicyclic) bond motifs is 3. The van der Waals surface area contributed by atoms with Gasteiger partial charge in [-0.2, -0.15) is 0 Å². The van der Waals surface area contributed by atoms with Crippen molar-refractivity contribution in [3.63, 3.8) is 0 Å². The van der Waals surface area contributed by atoms with Gasteiger partial charge in [0.1, 0.15) is 11.3 Å². The fourth-order valence-electron chi connectivity index (χ4n) is 4.05. The summed E-state index contributed by atoms with van der Waals surface area (Å²) in [6.45, 7) is 3.81. The quantitative estimate of drug-likeness (QED) is 0.639. The molecule has 1 aromatic carbocycles. The average molecular weight is 482 g/mol. The van der Waals surface area contributed by atoms with Gasteiger partial charge in [0.25, 0.3) is 5.56 Å². The van der Waals surface area contributed by atoms with E-state index in [1.807, 2.05) is 6.92 Å². The number of sulfone groups is 1. The lowest BCUT2D eigenvalue weighted by Crippen LogP contribution is -2.32. The second-order valence-corrected chi connectivity index (χ2v) is 10.9. The number of ether oxygens (including phenoxy) is 2. The summed E-state index contributed by atoms with van der Waals surface area (Å²) in [7, 11) is -2.29. The van der Waals surface area contributed by atoms with Crippen LogP contribution in [0.2, 0.25) is 5.02 Å². The fraction of sp³-hybridized carbons (Fsp3) is 0.455. The zero-order chi connectivity index (χ0) is 23.4. The van der Waals surface area contributed by atoms with E-state index in [4.69, 9.17) is 21.1 Å². The van der Waals surface area contributed by atoms with Crippen molar-refractivity contribution in [2.75, 3.05) is 13.7 Å². The summed E-state index contributed by atoms with van der Waals surface area (Å²) in [6.07, 6.45) is 1.77. The first-order chi connectivity index (χ1) is 15.1. The van der Waals surface area contributed by atoms with Gasteiger partial charge in [-0.1, -0.05) is 11.6 Å². The second-order valence-electron chi connectivity index (χ2n) is 8.25. The first-order valence-electron chi connectivity index (χ1n) is 10.3. The van der Waals surface area contributed by atoms with Crippen molar-refractivity contribution in [1.29, 1.82) is 0 Å². The molecule has 2 aliphatic rings. The van der Waals surface area contributed by atoms with Crippen molar-refractivity contribution in [2.45, 2.75) is 55.4 Å². The van der Waals surface area contributed by atoms with Crippen LogP contribution in [0.15, 0.2) is 27.9 Å². The van der Waals surface area contributed by atoms with E-state index < -0.39 is 32.2 Å². The van der Waals surface area contributed by atoms with Crippen LogP contribution in [0.1, 0.15) is 60.3 Å². The van der Waals surface area contributed by atoms with Gasteiger partial charge in [0.2, 0.25) is 0 Å². The number of hydrogen-bond donors (Lipinski definition) is 1. The van der Waals surface area contributed by atoms with Gasteiger partial charge >= 0.3 is 5.97 Å². The number of carbonyl (C=O) groups is 1. The topological polar surface area (TPSA) is 112 Å². The maximum atomic E-state index is 13.4. The standard InChI is InChI=1S/C22H24ClNO7S/c1-11(6-7-30-3)31-18-10-19-15(9-17(18)23)20-14(12(2)32(19,28)29)8-16(22(26)27)21(25)24(20)13-4-5-13/h8-13H,4-7H2,1-3H3,(H,26,27). The van der Waals surface area contributed by atoms with Crippen molar-refractivity contribution < 1.29 is 27.8 Å². The van der Waals surface area contributed by atoms with Crippen LogP contribution < -0.4 is 10.3 Å². The van der Waals surface area contributed by atoms with Crippen molar-refractivity contribution >= 4 is 27.4 Å². The number of rotatable bonds is 7. The van der Waals surface area contributed by atoms with Crippen LogP contribution in [0.25, 0.3) is 11.3 Å². The Kier molecular flexibility index (Phi) is 5.85. The Hall–Kier alpha value is -2.36. The normalized spacial score (nSPS) is 19.7.